The van der Waals surface area contributed by atoms with Gasteiger partial charge in [-0.15, -0.1) is 0 Å². The minimum absolute atomic E-state index is 0. The Morgan fingerprint density at radius 1 is 1.31 bits per heavy atom. The van der Waals surface area contributed by atoms with Gasteiger partial charge in [-0.05, 0) is 6.42 Å². The average molecular weight is 212 g/mol. The first-order chi connectivity index (χ1) is 5.56. The summed E-state index contributed by atoms with van der Waals surface area (Å²) in [6.45, 7) is 2.08. The number of unbranched alkanes of at least 4 members (excludes halogenated alkanes) is 2. The van der Waals surface area contributed by atoms with Gasteiger partial charge in [0, 0.05) is 5.41 Å². The van der Waals surface area contributed by atoms with Crippen LogP contribution in [0.4, 0.5) is 0 Å². The molecule has 5 heteroatoms. The van der Waals surface area contributed by atoms with E-state index in [1.807, 2.05) is 6.08 Å². The van der Waals surface area contributed by atoms with Crippen molar-refractivity contribution in [3.63, 3.8) is 0 Å². The molecular weight excluding hydrogens is 199 g/mol. The zero-order valence-corrected chi connectivity index (χ0v) is 10.9. The number of rotatable bonds is 5. The number of allylic oxidation sites excluding steroid dienone is 3. The van der Waals surface area contributed by atoms with Gasteiger partial charge in [-0.25, -0.2) is 8.42 Å². The van der Waals surface area contributed by atoms with Crippen LogP contribution in [-0.2, 0) is 10.1 Å². The fourth-order valence-corrected chi connectivity index (χ4v) is 0.922. The van der Waals surface area contributed by atoms with Crippen molar-refractivity contribution in [1.29, 1.82) is 0 Å². The van der Waals surface area contributed by atoms with Crippen LogP contribution >= 0.6 is 0 Å². The van der Waals surface area contributed by atoms with Crippen molar-refractivity contribution in [3.8, 4) is 0 Å². The van der Waals surface area contributed by atoms with Gasteiger partial charge in [0.25, 0.3) is 0 Å². The van der Waals surface area contributed by atoms with Crippen LogP contribution in [0, 0.1) is 0 Å². The predicted octanol–water partition coefficient (Wildman–Crippen LogP) is -1.20. The summed E-state index contributed by atoms with van der Waals surface area (Å²) in [4.78, 5) is 0. The first-order valence-corrected chi connectivity index (χ1v) is 5.32. The van der Waals surface area contributed by atoms with Crippen molar-refractivity contribution in [2.75, 3.05) is 0 Å². The molecule has 3 nitrogen and oxygen atoms in total. The molecule has 0 aromatic carbocycles. The molecule has 0 aliphatic rings. The van der Waals surface area contributed by atoms with Crippen LogP contribution in [0.25, 0.3) is 0 Å². The Kier molecular flexibility index (Phi) is 10.9. The Balaban J connectivity index is 0. The van der Waals surface area contributed by atoms with Gasteiger partial charge in [0.05, 0.1) is 0 Å². The summed E-state index contributed by atoms with van der Waals surface area (Å²) in [6.07, 6.45) is 7.76. The third kappa shape index (κ3) is 15.2. The van der Waals surface area contributed by atoms with Gasteiger partial charge in [0.1, 0.15) is 10.1 Å². The fraction of sp³-hybridized carbons (Fsp3) is 0.500. The van der Waals surface area contributed by atoms with Gasteiger partial charge in [-0.1, -0.05) is 38.0 Å². The summed E-state index contributed by atoms with van der Waals surface area (Å²) in [5.74, 6) is 0. The summed E-state index contributed by atoms with van der Waals surface area (Å²) in [7, 11) is -4.20. The second-order valence-corrected chi connectivity index (χ2v) is 3.65. The van der Waals surface area contributed by atoms with Crippen molar-refractivity contribution in [2.45, 2.75) is 26.2 Å². The second kappa shape index (κ2) is 8.97. The largest absolute Gasteiger partial charge is 1.00 e. The molecule has 0 spiro atoms. The van der Waals surface area contributed by atoms with E-state index in [9.17, 15) is 13.0 Å². The van der Waals surface area contributed by atoms with Gasteiger partial charge in [0.15, 0.2) is 0 Å². The second-order valence-electron chi connectivity index (χ2n) is 2.39. The Bertz CT molecular complexity index is 255. The topological polar surface area (TPSA) is 57.2 Å². The predicted molar refractivity (Wildman–Crippen MR) is 47.5 cm³/mol. The van der Waals surface area contributed by atoms with E-state index in [-0.39, 0.29) is 29.6 Å². The third-order valence-electron chi connectivity index (χ3n) is 1.22. The van der Waals surface area contributed by atoms with Gasteiger partial charge in [-0.3, -0.25) is 0 Å². The van der Waals surface area contributed by atoms with E-state index in [2.05, 4.69) is 6.92 Å². The molecule has 70 valence electrons. The van der Waals surface area contributed by atoms with E-state index in [0.29, 0.717) is 5.41 Å². The van der Waals surface area contributed by atoms with E-state index in [1.54, 1.807) is 6.08 Å². The van der Waals surface area contributed by atoms with Gasteiger partial charge in [0.2, 0.25) is 0 Å². The smallest absolute Gasteiger partial charge is 0.744 e. The van der Waals surface area contributed by atoms with Crippen molar-refractivity contribution in [1.82, 2.24) is 0 Å². The SMILES string of the molecule is CCCCC=CC=CS(=O)(=O)[O-].[Na+]. The molecule has 0 bridgehead atoms. The maximum absolute atomic E-state index is 10.0. The Morgan fingerprint density at radius 3 is 2.38 bits per heavy atom. The summed E-state index contributed by atoms with van der Waals surface area (Å²) in [5.41, 5.74) is 0. The molecule has 0 saturated heterocycles. The molecule has 0 aliphatic carbocycles. The normalized spacial score (nSPS) is 12.2. The zero-order valence-electron chi connectivity index (χ0n) is 8.06. The molecule has 0 aliphatic heterocycles. The van der Waals surface area contributed by atoms with Crippen molar-refractivity contribution in [2.24, 2.45) is 0 Å². The first kappa shape index (κ1) is 15.8. The van der Waals surface area contributed by atoms with Crippen LogP contribution in [0.5, 0.6) is 0 Å². The van der Waals surface area contributed by atoms with Gasteiger partial charge < -0.3 is 4.55 Å². The van der Waals surface area contributed by atoms with Crippen LogP contribution in [-0.4, -0.2) is 13.0 Å². The van der Waals surface area contributed by atoms with Crippen LogP contribution in [0.1, 0.15) is 26.2 Å². The molecule has 13 heavy (non-hydrogen) atoms. The summed E-state index contributed by atoms with van der Waals surface area (Å²) < 4.78 is 30.1. The average Bonchev–Trinajstić information content (AvgIpc) is 1.94. The molecule has 0 amide bonds. The monoisotopic (exact) mass is 212 g/mol. The van der Waals surface area contributed by atoms with Gasteiger partial charge in [-0.2, -0.15) is 0 Å². The number of hydrogen-bond acceptors (Lipinski definition) is 3. The van der Waals surface area contributed by atoms with E-state index in [0.717, 1.165) is 19.3 Å². The van der Waals surface area contributed by atoms with E-state index in [1.165, 1.54) is 6.08 Å². The van der Waals surface area contributed by atoms with Crippen LogP contribution in [0.2, 0.25) is 0 Å². The molecule has 0 aromatic rings. The third-order valence-corrected chi connectivity index (χ3v) is 1.71. The zero-order chi connectivity index (χ0) is 9.45. The summed E-state index contributed by atoms with van der Waals surface area (Å²) in [5, 5.41) is 0.648. The minimum Gasteiger partial charge on any atom is -0.744 e. The quantitative estimate of drug-likeness (QED) is 0.249. The Hall–Kier alpha value is 0.390. The van der Waals surface area contributed by atoms with E-state index in [4.69, 9.17) is 0 Å². The van der Waals surface area contributed by atoms with Crippen LogP contribution in [0.15, 0.2) is 23.6 Å². The molecular formula is C8H13NaO3S. The fourth-order valence-electron chi connectivity index (χ4n) is 0.638. The summed E-state index contributed by atoms with van der Waals surface area (Å²) in [6, 6.07) is 0. The van der Waals surface area contributed by atoms with E-state index < -0.39 is 10.1 Å². The molecule has 0 heterocycles. The van der Waals surface area contributed by atoms with Crippen molar-refractivity contribution >= 4 is 10.1 Å². The minimum atomic E-state index is -4.20. The molecule has 0 N–H and O–H groups in total. The first-order valence-electron chi connectivity index (χ1n) is 3.85. The maximum atomic E-state index is 10.0. The standard InChI is InChI=1S/C8H14O3S.Na/c1-2-3-4-5-6-7-8-12(9,10)11;/h5-8H,2-4H2,1H3,(H,9,10,11);/q;+1/p-1. The van der Waals surface area contributed by atoms with Gasteiger partial charge >= 0.3 is 29.6 Å². The van der Waals surface area contributed by atoms with E-state index >= 15 is 0 Å². The molecule has 0 fully saturated rings. The van der Waals surface area contributed by atoms with Crippen LogP contribution < -0.4 is 29.6 Å². The molecule has 0 radical (unpaired) electrons. The molecule has 0 rings (SSSR count). The van der Waals surface area contributed by atoms with Crippen molar-refractivity contribution in [3.05, 3.63) is 23.6 Å². The van der Waals surface area contributed by atoms with Crippen LogP contribution in [0.3, 0.4) is 0 Å². The molecule has 0 saturated carbocycles. The Labute approximate surface area is 102 Å². The molecule has 0 atom stereocenters. The molecule has 0 unspecified atom stereocenters. The maximum Gasteiger partial charge on any atom is 1.00 e. The Morgan fingerprint density at radius 2 is 1.92 bits per heavy atom. The molecule has 0 aromatic heterocycles. The summed E-state index contributed by atoms with van der Waals surface area (Å²) >= 11 is 0. The van der Waals surface area contributed by atoms with Crippen molar-refractivity contribution < 1.29 is 42.5 Å². The number of hydrogen-bond donors (Lipinski definition) is 0.